The van der Waals surface area contributed by atoms with Gasteiger partial charge in [0.05, 0.1) is 11.7 Å². The number of ether oxygens (including phenoxy) is 1. The highest BCUT2D eigenvalue weighted by Gasteiger charge is 2.34. The molecule has 0 radical (unpaired) electrons. The standard InChI is InChI=1S/C14H29NO2/c1-10(2)13(6-7-16)15-11-8-12(9-11)17-14(3,4)5/h10-13,15-16H,6-9H2,1-5H3. The first-order chi connectivity index (χ1) is 7.81. The maximum absolute atomic E-state index is 9.03. The van der Waals surface area contributed by atoms with Crippen LogP contribution in [0.4, 0.5) is 0 Å². The molecule has 3 heteroatoms. The monoisotopic (exact) mass is 243 g/mol. The van der Waals surface area contributed by atoms with Crippen molar-refractivity contribution in [3.05, 3.63) is 0 Å². The van der Waals surface area contributed by atoms with E-state index in [4.69, 9.17) is 9.84 Å². The second kappa shape index (κ2) is 6.17. The molecule has 0 spiro atoms. The first-order valence-corrected chi connectivity index (χ1v) is 6.86. The third-order valence-corrected chi connectivity index (χ3v) is 3.31. The Bertz CT molecular complexity index is 217. The van der Waals surface area contributed by atoms with Crippen LogP contribution in [0.3, 0.4) is 0 Å². The van der Waals surface area contributed by atoms with Crippen molar-refractivity contribution in [2.45, 2.75) is 77.7 Å². The summed E-state index contributed by atoms with van der Waals surface area (Å²) in [4.78, 5) is 0. The van der Waals surface area contributed by atoms with Crippen molar-refractivity contribution in [1.82, 2.24) is 5.32 Å². The van der Waals surface area contributed by atoms with Crippen LogP contribution in [0, 0.1) is 5.92 Å². The van der Waals surface area contributed by atoms with Gasteiger partial charge in [-0.2, -0.15) is 0 Å². The zero-order valence-electron chi connectivity index (χ0n) is 12.0. The molecule has 0 aromatic carbocycles. The zero-order valence-corrected chi connectivity index (χ0v) is 12.0. The van der Waals surface area contributed by atoms with Crippen molar-refractivity contribution in [2.24, 2.45) is 5.92 Å². The Morgan fingerprint density at radius 3 is 2.29 bits per heavy atom. The highest BCUT2D eigenvalue weighted by atomic mass is 16.5. The maximum atomic E-state index is 9.03. The van der Waals surface area contributed by atoms with Gasteiger partial charge in [0.2, 0.25) is 0 Å². The molecule has 17 heavy (non-hydrogen) atoms. The fraction of sp³-hybridized carbons (Fsp3) is 1.00. The fourth-order valence-electron chi connectivity index (χ4n) is 2.35. The van der Waals surface area contributed by atoms with E-state index < -0.39 is 0 Å². The van der Waals surface area contributed by atoms with E-state index >= 15 is 0 Å². The Morgan fingerprint density at radius 2 is 1.88 bits per heavy atom. The number of aliphatic hydroxyl groups is 1. The van der Waals surface area contributed by atoms with Crippen LogP contribution in [-0.4, -0.2) is 35.5 Å². The van der Waals surface area contributed by atoms with Crippen LogP contribution < -0.4 is 5.32 Å². The largest absolute Gasteiger partial charge is 0.396 e. The Kier molecular flexibility index (Phi) is 5.42. The first-order valence-electron chi connectivity index (χ1n) is 6.86. The minimum atomic E-state index is -0.0296. The van der Waals surface area contributed by atoms with Crippen molar-refractivity contribution in [1.29, 1.82) is 0 Å². The fourth-order valence-corrected chi connectivity index (χ4v) is 2.35. The molecule has 1 aliphatic carbocycles. The van der Waals surface area contributed by atoms with E-state index in [1.165, 1.54) is 0 Å². The van der Waals surface area contributed by atoms with Crippen LogP contribution in [0.25, 0.3) is 0 Å². The van der Waals surface area contributed by atoms with Crippen LogP contribution in [-0.2, 0) is 4.74 Å². The molecule has 0 saturated heterocycles. The lowest BCUT2D eigenvalue weighted by Crippen LogP contribution is -2.52. The zero-order chi connectivity index (χ0) is 13.1. The van der Waals surface area contributed by atoms with Crippen LogP contribution in [0.15, 0.2) is 0 Å². The number of hydrogen-bond donors (Lipinski definition) is 2. The molecule has 2 N–H and O–H groups in total. The normalized spacial score (nSPS) is 27.0. The van der Waals surface area contributed by atoms with Crippen molar-refractivity contribution < 1.29 is 9.84 Å². The van der Waals surface area contributed by atoms with E-state index in [-0.39, 0.29) is 12.2 Å². The highest BCUT2D eigenvalue weighted by molar-refractivity contribution is 4.90. The van der Waals surface area contributed by atoms with Gasteiger partial charge >= 0.3 is 0 Å². The molecule has 3 nitrogen and oxygen atoms in total. The van der Waals surface area contributed by atoms with Gasteiger partial charge in [-0.25, -0.2) is 0 Å². The van der Waals surface area contributed by atoms with Gasteiger partial charge in [-0.15, -0.1) is 0 Å². The van der Waals surface area contributed by atoms with Gasteiger partial charge < -0.3 is 15.2 Å². The first kappa shape index (κ1) is 14.9. The molecule has 1 fully saturated rings. The van der Waals surface area contributed by atoms with Gasteiger partial charge in [0.15, 0.2) is 0 Å². The minimum Gasteiger partial charge on any atom is -0.396 e. The Hall–Kier alpha value is -0.120. The molecule has 0 heterocycles. The van der Waals surface area contributed by atoms with E-state index in [1.54, 1.807) is 0 Å². The molecule has 1 saturated carbocycles. The molecule has 1 aliphatic rings. The summed E-state index contributed by atoms with van der Waals surface area (Å²) in [6.45, 7) is 11.0. The molecule has 1 atom stereocenters. The van der Waals surface area contributed by atoms with E-state index in [2.05, 4.69) is 39.9 Å². The minimum absolute atomic E-state index is 0.0296. The van der Waals surface area contributed by atoms with Crippen molar-refractivity contribution in [2.75, 3.05) is 6.61 Å². The molecule has 0 aliphatic heterocycles. The van der Waals surface area contributed by atoms with Gasteiger partial charge in [-0.05, 0) is 46.0 Å². The lowest BCUT2D eigenvalue weighted by Gasteiger charge is -2.42. The van der Waals surface area contributed by atoms with Crippen molar-refractivity contribution in [3.8, 4) is 0 Å². The third-order valence-electron chi connectivity index (χ3n) is 3.31. The summed E-state index contributed by atoms with van der Waals surface area (Å²) >= 11 is 0. The predicted octanol–water partition coefficient (Wildman–Crippen LogP) is 2.33. The molecule has 0 amide bonds. The molecule has 1 unspecified atom stereocenters. The summed E-state index contributed by atoms with van der Waals surface area (Å²) in [5, 5.41) is 12.7. The van der Waals surface area contributed by atoms with E-state index in [0.29, 0.717) is 24.1 Å². The lowest BCUT2D eigenvalue weighted by atomic mass is 9.86. The Labute approximate surface area is 106 Å². The topological polar surface area (TPSA) is 41.5 Å². The smallest absolute Gasteiger partial charge is 0.0612 e. The van der Waals surface area contributed by atoms with Gasteiger partial charge in [0, 0.05) is 18.7 Å². The van der Waals surface area contributed by atoms with E-state index in [9.17, 15) is 0 Å². The molecule has 0 bridgehead atoms. The molecular formula is C14H29NO2. The Balaban J connectivity index is 2.23. The summed E-state index contributed by atoms with van der Waals surface area (Å²) in [7, 11) is 0. The van der Waals surface area contributed by atoms with Gasteiger partial charge in [-0.1, -0.05) is 13.8 Å². The van der Waals surface area contributed by atoms with Crippen LogP contribution in [0.1, 0.15) is 53.9 Å². The van der Waals surface area contributed by atoms with Crippen molar-refractivity contribution >= 4 is 0 Å². The number of nitrogens with one attached hydrogen (secondary N) is 1. The average molecular weight is 243 g/mol. The van der Waals surface area contributed by atoms with Crippen molar-refractivity contribution in [3.63, 3.8) is 0 Å². The Morgan fingerprint density at radius 1 is 1.29 bits per heavy atom. The number of aliphatic hydroxyl groups excluding tert-OH is 1. The lowest BCUT2D eigenvalue weighted by molar-refractivity contribution is -0.104. The van der Waals surface area contributed by atoms with Gasteiger partial charge in [-0.3, -0.25) is 0 Å². The summed E-state index contributed by atoms with van der Waals surface area (Å²) in [5.41, 5.74) is -0.0296. The van der Waals surface area contributed by atoms with Crippen LogP contribution in [0.5, 0.6) is 0 Å². The molecule has 102 valence electrons. The summed E-state index contributed by atoms with van der Waals surface area (Å²) < 4.78 is 5.92. The van der Waals surface area contributed by atoms with Gasteiger partial charge in [0.1, 0.15) is 0 Å². The maximum Gasteiger partial charge on any atom is 0.0612 e. The van der Waals surface area contributed by atoms with Crippen LogP contribution in [0.2, 0.25) is 0 Å². The van der Waals surface area contributed by atoms with Crippen LogP contribution >= 0.6 is 0 Å². The second-order valence-electron chi connectivity index (χ2n) is 6.55. The average Bonchev–Trinajstić information content (AvgIpc) is 2.10. The number of hydrogen-bond acceptors (Lipinski definition) is 3. The molecule has 0 aromatic heterocycles. The summed E-state index contributed by atoms with van der Waals surface area (Å²) in [6.07, 6.45) is 3.46. The van der Waals surface area contributed by atoms with E-state index in [1.807, 2.05) is 0 Å². The van der Waals surface area contributed by atoms with E-state index in [0.717, 1.165) is 19.3 Å². The number of rotatable bonds is 6. The molecule has 1 rings (SSSR count). The highest BCUT2D eigenvalue weighted by Crippen LogP contribution is 2.28. The van der Waals surface area contributed by atoms with Gasteiger partial charge in [0.25, 0.3) is 0 Å². The SMILES string of the molecule is CC(C)C(CCO)NC1CC(OC(C)(C)C)C1. The molecule has 0 aromatic rings. The predicted molar refractivity (Wildman–Crippen MR) is 71.1 cm³/mol. The quantitative estimate of drug-likeness (QED) is 0.752. The summed E-state index contributed by atoms with van der Waals surface area (Å²) in [6, 6.07) is 1.00. The third kappa shape index (κ3) is 5.36. The second-order valence-corrected chi connectivity index (χ2v) is 6.55. The summed E-state index contributed by atoms with van der Waals surface area (Å²) in [5.74, 6) is 0.574. The molecular weight excluding hydrogens is 214 g/mol.